The van der Waals surface area contributed by atoms with Crippen molar-refractivity contribution in [3.8, 4) is 5.75 Å². The fourth-order valence-electron chi connectivity index (χ4n) is 8.23. The molecule has 230 valence electrons. The highest BCUT2D eigenvalue weighted by Crippen LogP contribution is 2.59. The first-order chi connectivity index (χ1) is 20.4. The van der Waals surface area contributed by atoms with Crippen molar-refractivity contribution in [3.63, 3.8) is 0 Å². The van der Waals surface area contributed by atoms with E-state index in [1.807, 2.05) is 25.1 Å². The quantitative estimate of drug-likeness (QED) is 0.284. The van der Waals surface area contributed by atoms with Crippen molar-refractivity contribution in [1.82, 2.24) is 4.72 Å². The van der Waals surface area contributed by atoms with Gasteiger partial charge in [0.25, 0.3) is 5.91 Å². The van der Waals surface area contributed by atoms with Crippen molar-refractivity contribution in [3.05, 3.63) is 70.3 Å². The van der Waals surface area contributed by atoms with Crippen LogP contribution in [-0.4, -0.2) is 51.5 Å². The topological polar surface area (TPSA) is 88.2 Å². The van der Waals surface area contributed by atoms with Gasteiger partial charge in [0.15, 0.2) is 0 Å². The molecule has 9 heteroatoms. The van der Waals surface area contributed by atoms with Gasteiger partial charge in [-0.25, -0.2) is 13.1 Å². The van der Waals surface area contributed by atoms with E-state index in [-0.39, 0.29) is 22.3 Å². The molecule has 43 heavy (non-hydrogen) atoms. The zero-order valence-corrected chi connectivity index (χ0v) is 26.8. The molecule has 2 aromatic rings. The Morgan fingerprint density at radius 2 is 1.88 bits per heavy atom. The normalized spacial score (nSPS) is 37.3. The molecule has 2 bridgehead atoms. The molecule has 1 amide bonds. The van der Waals surface area contributed by atoms with Gasteiger partial charge in [-0.05, 0) is 98.2 Å². The fraction of sp³-hybridized carbons (Fsp3) is 0.559. The summed E-state index contributed by atoms with van der Waals surface area (Å²) in [7, 11) is -3.89. The number of halogens is 1. The molecular weight excluding hydrogens is 584 g/mol. The molecule has 5 aliphatic rings. The van der Waals surface area contributed by atoms with Crippen molar-refractivity contribution in [1.29, 1.82) is 0 Å². The summed E-state index contributed by atoms with van der Waals surface area (Å²) < 4.78 is 41.7. The molecule has 2 aromatic carbocycles. The third kappa shape index (κ3) is 4.98. The summed E-state index contributed by atoms with van der Waals surface area (Å²) >= 11 is 6.43. The molecule has 2 aliphatic carbocycles. The first-order valence-corrected chi connectivity index (χ1v) is 17.5. The predicted octanol–water partition coefficient (Wildman–Crippen LogP) is 6.04. The highest BCUT2D eigenvalue weighted by molar-refractivity contribution is 7.90. The second-order valence-corrected chi connectivity index (χ2v) is 16.5. The molecule has 0 radical (unpaired) electrons. The summed E-state index contributed by atoms with van der Waals surface area (Å²) in [5.41, 5.74) is 3.18. The summed E-state index contributed by atoms with van der Waals surface area (Å²) in [5, 5.41) is 0.0139. The van der Waals surface area contributed by atoms with Crippen LogP contribution in [-0.2, 0) is 26.6 Å². The van der Waals surface area contributed by atoms with Gasteiger partial charge in [0.1, 0.15) is 11.4 Å². The van der Waals surface area contributed by atoms with E-state index in [4.69, 9.17) is 21.1 Å². The average molecular weight is 625 g/mol. The van der Waals surface area contributed by atoms with Gasteiger partial charge in [0.05, 0.1) is 24.2 Å². The highest BCUT2D eigenvalue weighted by atomic mass is 35.5. The number of anilines is 1. The Hall–Kier alpha value is -2.55. The Morgan fingerprint density at radius 3 is 2.63 bits per heavy atom. The van der Waals surface area contributed by atoms with Crippen LogP contribution in [0, 0.1) is 17.3 Å². The van der Waals surface area contributed by atoms with Gasteiger partial charge < -0.3 is 14.4 Å². The van der Waals surface area contributed by atoms with Gasteiger partial charge in [0.2, 0.25) is 10.0 Å². The third-order valence-electron chi connectivity index (χ3n) is 11.2. The Bertz CT molecular complexity index is 1600. The van der Waals surface area contributed by atoms with Crippen molar-refractivity contribution in [2.75, 3.05) is 31.2 Å². The van der Waals surface area contributed by atoms with E-state index in [9.17, 15) is 13.2 Å². The summed E-state index contributed by atoms with van der Waals surface area (Å²) in [6.07, 6.45) is 10.1. The molecule has 3 aliphatic heterocycles. The van der Waals surface area contributed by atoms with Crippen LogP contribution in [0.2, 0.25) is 5.02 Å². The number of benzene rings is 2. The zero-order chi connectivity index (χ0) is 30.2. The van der Waals surface area contributed by atoms with Gasteiger partial charge in [-0.15, -0.1) is 0 Å². The smallest absolute Gasteiger partial charge is 0.264 e. The Labute approximate surface area is 260 Å². The van der Waals surface area contributed by atoms with Crippen LogP contribution in [0.4, 0.5) is 5.69 Å². The lowest BCUT2D eigenvalue weighted by molar-refractivity contribution is 0.00731. The number of nitrogens with one attached hydrogen (secondary N) is 1. The van der Waals surface area contributed by atoms with E-state index in [0.717, 1.165) is 61.7 Å². The third-order valence-corrected chi connectivity index (χ3v) is 13.3. The van der Waals surface area contributed by atoms with Crippen LogP contribution in [0.1, 0.15) is 74.4 Å². The number of aryl methyl sites for hydroxylation is 1. The lowest BCUT2D eigenvalue weighted by Crippen LogP contribution is -2.55. The van der Waals surface area contributed by atoms with Crippen LogP contribution in [0.3, 0.4) is 0 Å². The van der Waals surface area contributed by atoms with Crippen molar-refractivity contribution in [2.24, 2.45) is 17.3 Å². The number of amides is 1. The molecule has 0 aromatic heterocycles. The van der Waals surface area contributed by atoms with Crippen molar-refractivity contribution >= 4 is 33.2 Å². The number of rotatable bonds is 0. The van der Waals surface area contributed by atoms with Gasteiger partial charge in [-0.1, -0.05) is 43.7 Å². The molecule has 1 N–H and O–H groups in total. The van der Waals surface area contributed by atoms with Gasteiger partial charge in [-0.3, -0.25) is 4.79 Å². The highest BCUT2D eigenvalue weighted by Gasteiger charge is 2.61. The average Bonchev–Trinajstić information content (AvgIpc) is 3.74. The number of carbonyl (C=O) groups excluding carboxylic acids is 1. The molecule has 1 unspecified atom stereocenters. The number of carbonyl (C=O) groups is 1. The maximum Gasteiger partial charge on any atom is 0.264 e. The summed E-state index contributed by atoms with van der Waals surface area (Å²) in [6.45, 7) is 8.71. The van der Waals surface area contributed by atoms with Crippen molar-refractivity contribution in [2.45, 2.75) is 75.6 Å². The lowest BCUT2D eigenvalue weighted by atomic mass is 9.56. The Balaban J connectivity index is 1.33. The van der Waals surface area contributed by atoms with E-state index < -0.39 is 21.2 Å². The molecule has 2 spiro atoms. The second-order valence-electron chi connectivity index (χ2n) is 14.0. The number of epoxide rings is 1. The van der Waals surface area contributed by atoms with Crippen LogP contribution in [0.5, 0.6) is 5.75 Å². The van der Waals surface area contributed by atoms with E-state index in [1.54, 1.807) is 13.0 Å². The second kappa shape index (κ2) is 10.2. The molecule has 7 rings (SSSR count). The van der Waals surface area contributed by atoms with E-state index in [2.05, 4.69) is 40.8 Å². The predicted molar refractivity (Wildman–Crippen MR) is 169 cm³/mol. The van der Waals surface area contributed by atoms with E-state index >= 15 is 0 Å². The van der Waals surface area contributed by atoms with Crippen LogP contribution in [0.15, 0.2) is 48.6 Å². The molecule has 6 atom stereocenters. The summed E-state index contributed by atoms with van der Waals surface area (Å²) in [6, 6.07) is 11.6. The number of allylic oxidation sites excluding steroid dienone is 1. The molecule has 1 saturated carbocycles. The number of sulfonamides is 1. The minimum Gasteiger partial charge on any atom is -0.490 e. The number of hydrogen-bond donors (Lipinski definition) is 1. The molecule has 2 fully saturated rings. The minimum atomic E-state index is -3.89. The zero-order valence-electron chi connectivity index (χ0n) is 25.2. The maximum atomic E-state index is 13.4. The Morgan fingerprint density at radius 1 is 1.07 bits per heavy atom. The van der Waals surface area contributed by atoms with Gasteiger partial charge in [0, 0.05) is 35.0 Å². The first kappa shape index (κ1) is 29.2. The van der Waals surface area contributed by atoms with Crippen LogP contribution >= 0.6 is 11.6 Å². The van der Waals surface area contributed by atoms with E-state index in [0.29, 0.717) is 31.1 Å². The molecule has 3 heterocycles. The van der Waals surface area contributed by atoms with Gasteiger partial charge >= 0.3 is 0 Å². The number of nitrogens with zero attached hydrogens (tertiary/aromatic N) is 1. The fourth-order valence-corrected chi connectivity index (χ4v) is 9.71. The SMILES string of the molecule is C[C@@H]1[C@@H](C)C/C=C/[C@]2(CO2)[C@@H]2CCC2(C)CN2C[C@@]3(CCCc4cc(Cl)ccc43)COc3ccc(cc32)C(=O)NS1(=O)=O. The number of fused-ring (bicyclic) bond motifs is 5. The minimum absolute atomic E-state index is 0.00128. The largest absolute Gasteiger partial charge is 0.490 e. The summed E-state index contributed by atoms with van der Waals surface area (Å²) in [4.78, 5) is 15.8. The molecule has 7 nitrogen and oxygen atoms in total. The molecule has 1 saturated heterocycles. The van der Waals surface area contributed by atoms with Crippen LogP contribution < -0.4 is 14.4 Å². The lowest BCUT2D eigenvalue weighted by Gasteiger charge is -2.53. The van der Waals surface area contributed by atoms with E-state index in [1.165, 1.54) is 11.1 Å². The summed E-state index contributed by atoms with van der Waals surface area (Å²) in [5.74, 6) is 0.294. The maximum absolute atomic E-state index is 13.4. The monoisotopic (exact) mass is 624 g/mol. The van der Waals surface area contributed by atoms with Crippen molar-refractivity contribution < 1.29 is 22.7 Å². The van der Waals surface area contributed by atoms with Gasteiger partial charge in [-0.2, -0.15) is 0 Å². The van der Waals surface area contributed by atoms with Crippen LogP contribution in [0.25, 0.3) is 0 Å². The Kier molecular flexibility index (Phi) is 6.95. The number of ether oxygens (including phenoxy) is 2. The number of hydrogen-bond acceptors (Lipinski definition) is 6. The first-order valence-electron chi connectivity index (χ1n) is 15.6. The molecular formula is C34H41ClN2O5S. The standard InChI is InChI=1S/C34H41ClN2O5S/c1-22-6-4-14-34(21-42-34)30-12-15-32(30,3)18-37-19-33(13-5-7-24-16-26(35)9-10-27(24)33)20-41-29-11-8-25(17-28(29)37)31(38)36-43(39,40)23(22)2/h4,8-11,14,16-17,22-23,30H,5-7,12-13,15,18-21H2,1-3H3,(H,36,38)/b14-4+/t22-,23+,30+,32?,33-,34-/m0/s1.